The molecule has 0 aromatic carbocycles. The van der Waals surface area contributed by atoms with E-state index in [0.29, 0.717) is 12.6 Å². The first-order chi connectivity index (χ1) is 5.54. The van der Waals surface area contributed by atoms with Gasteiger partial charge >= 0.3 is 6.09 Å². The summed E-state index contributed by atoms with van der Waals surface area (Å²) < 4.78 is 4.58. The molecule has 0 atom stereocenters. The number of carbonyl (C=O) groups excluding carboxylic acids is 1. The summed E-state index contributed by atoms with van der Waals surface area (Å²) in [5.41, 5.74) is 4.79. The predicted octanol–water partition coefficient (Wildman–Crippen LogP) is 0.812. The van der Waals surface area contributed by atoms with E-state index in [0.717, 1.165) is 13.0 Å². The Labute approximate surface area is 73.7 Å². The topological polar surface area (TPSA) is 55.6 Å². The number of nitrogens with zero attached hydrogens (tertiary/aromatic N) is 1. The maximum Gasteiger partial charge on any atom is 0.404 e. The molecule has 72 valence electrons. The van der Waals surface area contributed by atoms with E-state index in [1.54, 1.807) is 0 Å². The van der Waals surface area contributed by atoms with Crippen LogP contribution in [0.3, 0.4) is 0 Å². The van der Waals surface area contributed by atoms with Crippen LogP contribution in [0.2, 0.25) is 0 Å². The van der Waals surface area contributed by atoms with Gasteiger partial charge in [-0.15, -0.1) is 0 Å². The molecular formula is C8H18N2O2. The van der Waals surface area contributed by atoms with Crippen LogP contribution in [-0.4, -0.2) is 37.2 Å². The number of rotatable bonds is 5. The smallest absolute Gasteiger partial charge is 0.404 e. The second kappa shape index (κ2) is 5.83. The second-order valence-electron chi connectivity index (χ2n) is 3.10. The highest BCUT2D eigenvalue weighted by Gasteiger charge is 2.02. The Morgan fingerprint density at radius 2 is 2.17 bits per heavy atom. The molecule has 1 amide bonds. The number of nitrogens with two attached hydrogens (primary N) is 1. The van der Waals surface area contributed by atoms with Crippen molar-refractivity contribution in [1.29, 1.82) is 0 Å². The second-order valence-corrected chi connectivity index (χ2v) is 3.10. The monoisotopic (exact) mass is 174 g/mol. The molecular weight excluding hydrogens is 156 g/mol. The molecule has 12 heavy (non-hydrogen) atoms. The van der Waals surface area contributed by atoms with Crippen LogP contribution in [-0.2, 0) is 4.74 Å². The van der Waals surface area contributed by atoms with Crippen molar-refractivity contribution in [3.8, 4) is 0 Å². The molecule has 0 aromatic rings. The molecule has 0 rings (SSSR count). The molecule has 0 bridgehead atoms. The van der Waals surface area contributed by atoms with Gasteiger partial charge < -0.3 is 15.4 Å². The van der Waals surface area contributed by atoms with Gasteiger partial charge in [0.2, 0.25) is 0 Å². The Hall–Kier alpha value is -0.770. The van der Waals surface area contributed by atoms with Gasteiger partial charge in [-0.2, -0.15) is 0 Å². The maximum atomic E-state index is 10.2. The fourth-order valence-electron chi connectivity index (χ4n) is 0.745. The average molecular weight is 174 g/mol. The SMILES string of the molecule is CC(C)N(C)CCCOC(N)=O. The summed E-state index contributed by atoms with van der Waals surface area (Å²) in [6, 6.07) is 0.526. The molecule has 4 nitrogen and oxygen atoms in total. The van der Waals surface area contributed by atoms with E-state index in [9.17, 15) is 4.79 Å². The Kier molecular flexibility index (Phi) is 5.45. The zero-order chi connectivity index (χ0) is 9.56. The first-order valence-electron chi connectivity index (χ1n) is 4.16. The summed E-state index contributed by atoms with van der Waals surface area (Å²) >= 11 is 0. The summed E-state index contributed by atoms with van der Waals surface area (Å²) in [5.74, 6) is 0. The van der Waals surface area contributed by atoms with E-state index < -0.39 is 6.09 Å². The summed E-state index contributed by atoms with van der Waals surface area (Å²) in [7, 11) is 2.04. The van der Waals surface area contributed by atoms with Gasteiger partial charge in [0.1, 0.15) is 0 Å². The molecule has 0 aliphatic heterocycles. The van der Waals surface area contributed by atoms with Crippen molar-refractivity contribution in [3.05, 3.63) is 0 Å². The van der Waals surface area contributed by atoms with Gasteiger partial charge in [0.05, 0.1) is 6.61 Å². The quantitative estimate of drug-likeness (QED) is 0.627. The average Bonchev–Trinajstić information content (AvgIpc) is 1.97. The van der Waals surface area contributed by atoms with E-state index in [1.165, 1.54) is 0 Å². The van der Waals surface area contributed by atoms with E-state index in [1.807, 2.05) is 7.05 Å². The number of hydrogen-bond donors (Lipinski definition) is 1. The van der Waals surface area contributed by atoms with Crippen LogP contribution in [0.1, 0.15) is 20.3 Å². The van der Waals surface area contributed by atoms with Crippen LogP contribution >= 0.6 is 0 Å². The lowest BCUT2D eigenvalue weighted by Gasteiger charge is -2.20. The van der Waals surface area contributed by atoms with Crippen molar-refractivity contribution in [1.82, 2.24) is 4.90 Å². The van der Waals surface area contributed by atoms with Gasteiger partial charge in [0.25, 0.3) is 0 Å². The summed E-state index contributed by atoms with van der Waals surface area (Å²) in [5, 5.41) is 0. The molecule has 0 radical (unpaired) electrons. The number of hydrogen-bond acceptors (Lipinski definition) is 3. The lowest BCUT2D eigenvalue weighted by atomic mass is 10.3. The van der Waals surface area contributed by atoms with Gasteiger partial charge in [-0.25, -0.2) is 4.79 Å². The minimum Gasteiger partial charge on any atom is -0.450 e. The zero-order valence-corrected chi connectivity index (χ0v) is 8.04. The predicted molar refractivity (Wildman–Crippen MR) is 47.9 cm³/mol. The summed E-state index contributed by atoms with van der Waals surface area (Å²) in [6.07, 6.45) is 0.139. The van der Waals surface area contributed by atoms with Gasteiger partial charge in [0.15, 0.2) is 0 Å². The van der Waals surface area contributed by atoms with Crippen LogP contribution in [0.25, 0.3) is 0 Å². The fraction of sp³-hybridized carbons (Fsp3) is 0.875. The van der Waals surface area contributed by atoms with Gasteiger partial charge in [-0.05, 0) is 27.3 Å². The molecule has 0 saturated heterocycles. The van der Waals surface area contributed by atoms with Crippen LogP contribution in [0.4, 0.5) is 4.79 Å². The highest BCUT2D eigenvalue weighted by atomic mass is 16.5. The van der Waals surface area contributed by atoms with Crippen molar-refractivity contribution in [2.45, 2.75) is 26.3 Å². The van der Waals surface area contributed by atoms with E-state index in [4.69, 9.17) is 5.73 Å². The van der Waals surface area contributed by atoms with Gasteiger partial charge in [-0.1, -0.05) is 0 Å². The Balaban J connectivity index is 3.25. The maximum absolute atomic E-state index is 10.2. The standard InChI is InChI=1S/C8H18N2O2/c1-7(2)10(3)5-4-6-12-8(9)11/h7H,4-6H2,1-3H3,(H2,9,11). The molecule has 0 fully saturated rings. The molecule has 0 aliphatic rings. The van der Waals surface area contributed by atoms with E-state index in [2.05, 4.69) is 23.5 Å². The minimum absolute atomic E-state index is 0.409. The van der Waals surface area contributed by atoms with Crippen LogP contribution in [0.5, 0.6) is 0 Å². The van der Waals surface area contributed by atoms with E-state index in [-0.39, 0.29) is 0 Å². The number of carbonyl (C=O) groups is 1. The number of primary amides is 1. The summed E-state index contributed by atoms with van der Waals surface area (Å²) in [4.78, 5) is 12.3. The largest absolute Gasteiger partial charge is 0.450 e. The molecule has 0 unspecified atom stereocenters. The highest BCUT2D eigenvalue weighted by molar-refractivity contribution is 5.64. The zero-order valence-electron chi connectivity index (χ0n) is 8.04. The lowest BCUT2D eigenvalue weighted by molar-refractivity contribution is 0.147. The molecule has 0 spiro atoms. The van der Waals surface area contributed by atoms with Crippen LogP contribution < -0.4 is 5.73 Å². The lowest BCUT2D eigenvalue weighted by Crippen LogP contribution is -2.28. The Morgan fingerprint density at radius 3 is 2.58 bits per heavy atom. The van der Waals surface area contributed by atoms with Crippen molar-refractivity contribution in [3.63, 3.8) is 0 Å². The Morgan fingerprint density at radius 1 is 1.58 bits per heavy atom. The normalized spacial score (nSPS) is 10.8. The molecule has 4 heteroatoms. The fourth-order valence-corrected chi connectivity index (χ4v) is 0.745. The highest BCUT2D eigenvalue weighted by Crippen LogP contribution is 1.95. The molecule has 0 saturated carbocycles. The van der Waals surface area contributed by atoms with Crippen molar-refractivity contribution in [2.24, 2.45) is 5.73 Å². The third-order valence-electron chi connectivity index (χ3n) is 1.78. The molecule has 0 heterocycles. The minimum atomic E-state index is -0.692. The number of amides is 1. The van der Waals surface area contributed by atoms with Crippen molar-refractivity contribution in [2.75, 3.05) is 20.2 Å². The van der Waals surface area contributed by atoms with Gasteiger partial charge in [-0.3, -0.25) is 0 Å². The van der Waals surface area contributed by atoms with E-state index >= 15 is 0 Å². The van der Waals surface area contributed by atoms with Crippen LogP contribution in [0, 0.1) is 0 Å². The summed E-state index contributed by atoms with van der Waals surface area (Å²) in [6.45, 7) is 5.57. The first kappa shape index (κ1) is 11.2. The van der Waals surface area contributed by atoms with Crippen molar-refractivity contribution < 1.29 is 9.53 Å². The first-order valence-corrected chi connectivity index (χ1v) is 4.16. The van der Waals surface area contributed by atoms with Gasteiger partial charge in [0, 0.05) is 12.6 Å². The molecule has 0 aromatic heterocycles. The third-order valence-corrected chi connectivity index (χ3v) is 1.78. The third kappa shape index (κ3) is 5.97. The number of ether oxygens (including phenoxy) is 1. The Bertz CT molecular complexity index is 137. The molecule has 2 N–H and O–H groups in total. The molecule has 0 aliphatic carbocycles. The van der Waals surface area contributed by atoms with Crippen LogP contribution in [0.15, 0.2) is 0 Å². The van der Waals surface area contributed by atoms with Crippen molar-refractivity contribution >= 4 is 6.09 Å².